The molecular weight excluding hydrogens is 254 g/mol. The molecule has 3 N–H and O–H groups in total. The van der Waals surface area contributed by atoms with Gasteiger partial charge in [-0.25, -0.2) is 0 Å². The molecule has 1 saturated heterocycles. The lowest BCUT2D eigenvalue weighted by Crippen LogP contribution is -2.44. The molecule has 0 spiro atoms. The molecule has 0 bridgehead atoms. The zero-order valence-corrected chi connectivity index (χ0v) is 12.6. The van der Waals surface area contributed by atoms with Gasteiger partial charge in [-0.3, -0.25) is 9.48 Å². The summed E-state index contributed by atoms with van der Waals surface area (Å²) < 4.78 is 1.89. The lowest BCUT2D eigenvalue weighted by Gasteiger charge is -2.33. The number of piperidine rings is 1. The first-order chi connectivity index (χ1) is 9.52. The number of anilines is 2. The van der Waals surface area contributed by atoms with E-state index in [4.69, 9.17) is 5.73 Å². The van der Waals surface area contributed by atoms with Gasteiger partial charge in [-0.1, -0.05) is 13.3 Å². The third kappa shape index (κ3) is 3.05. The molecule has 1 aliphatic rings. The molecule has 0 aromatic carbocycles. The van der Waals surface area contributed by atoms with E-state index < -0.39 is 0 Å². The number of rotatable bonds is 4. The molecule has 0 radical (unpaired) electrons. The Kier molecular flexibility index (Phi) is 4.52. The van der Waals surface area contributed by atoms with Crippen molar-refractivity contribution in [1.82, 2.24) is 15.1 Å². The summed E-state index contributed by atoms with van der Waals surface area (Å²) in [6, 6.07) is 0.285. The van der Waals surface area contributed by atoms with Crippen molar-refractivity contribution >= 4 is 17.4 Å². The standard InChI is InChI=1S/C14H25N5O/c1-4-5-12-13(15)14(18(3)17-12)19-8-6-11(7-9-19)16-10(2)20/h11H,4-9,15H2,1-3H3,(H,16,20). The van der Waals surface area contributed by atoms with E-state index in [0.717, 1.165) is 56.0 Å². The van der Waals surface area contributed by atoms with Crippen LogP contribution < -0.4 is 16.0 Å². The fourth-order valence-electron chi connectivity index (χ4n) is 2.91. The smallest absolute Gasteiger partial charge is 0.217 e. The SMILES string of the molecule is CCCc1nn(C)c(N2CCC(NC(C)=O)CC2)c1N. The third-order valence-corrected chi connectivity index (χ3v) is 3.82. The Morgan fingerprint density at radius 3 is 2.65 bits per heavy atom. The second kappa shape index (κ2) is 6.15. The average molecular weight is 279 g/mol. The molecule has 112 valence electrons. The monoisotopic (exact) mass is 279 g/mol. The number of nitrogen functional groups attached to an aromatic ring is 1. The number of hydrogen-bond acceptors (Lipinski definition) is 4. The van der Waals surface area contributed by atoms with Crippen LogP contribution in [-0.2, 0) is 18.3 Å². The maximum atomic E-state index is 11.1. The summed E-state index contributed by atoms with van der Waals surface area (Å²) in [6.45, 7) is 5.51. The molecule has 1 fully saturated rings. The van der Waals surface area contributed by atoms with Crippen LogP contribution in [0.25, 0.3) is 0 Å². The number of aryl methyl sites for hydroxylation is 2. The Labute approximate surface area is 120 Å². The quantitative estimate of drug-likeness (QED) is 0.864. The van der Waals surface area contributed by atoms with Gasteiger partial charge in [-0.15, -0.1) is 0 Å². The van der Waals surface area contributed by atoms with E-state index in [1.807, 2.05) is 11.7 Å². The van der Waals surface area contributed by atoms with Crippen LogP contribution in [0.5, 0.6) is 0 Å². The molecule has 0 saturated carbocycles. The number of aromatic nitrogens is 2. The highest BCUT2D eigenvalue weighted by Crippen LogP contribution is 2.29. The molecule has 20 heavy (non-hydrogen) atoms. The van der Waals surface area contributed by atoms with Gasteiger partial charge >= 0.3 is 0 Å². The van der Waals surface area contributed by atoms with Crippen LogP contribution >= 0.6 is 0 Å². The minimum Gasteiger partial charge on any atom is -0.394 e. The Hall–Kier alpha value is -1.72. The summed E-state index contributed by atoms with van der Waals surface area (Å²) in [5.74, 6) is 1.07. The van der Waals surface area contributed by atoms with Crippen molar-refractivity contribution in [3.05, 3.63) is 5.69 Å². The van der Waals surface area contributed by atoms with Gasteiger partial charge in [-0.05, 0) is 19.3 Å². The first kappa shape index (κ1) is 14.7. The van der Waals surface area contributed by atoms with E-state index in [0.29, 0.717) is 0 Å². The highest BCUT2D eigenvalue weighted by atomic mass is 16.1. The average Bonchev–Trinajstić information content (AvgIpc) is 2.66. The first-order valence-electron chi connectivity index (χ1n) is 7.36. The van der Waals surface area contributed by atoms with Gasteiger partial charge in [0.15, 0.2) is 0 Å². The minimum absolute atomic E-state index is 0.0497. The van der Waals surface area contributed by atoms with E-state index in [1.165, 1.54) is 0 Å². The van der Waals surface area contributed by atoms with E-state index in [9.17, 15) is 4.79 Å². The Morgan fingerprint density at radius 1 is 1.45 bits per heavy atom. The van der Waals surface area contributed by atoms with Gasteiger partial charge in [0.1, 0.15) is 5.82 Å². The summed E-state index contributed by atoms with van der Waals surface area (Å²) >= 11 is 0. The van der Waals surface area contributed by atoms with Crippen LogP contribution in [0.3, 0.4) is 0 Å². The second-order valence-electron chi connectivity index (χ2n) is 5.52. The third-order valence-electron chi connectivity index (χ3n) is 3.82. The molecular formula is C14H25N5O. The molecule has 0 atom stereocenters. The minimum atomic E-state index is 0.0497. The normalized spacial score (nSPS) is 16.4. The maximum absolute atomic E-state index is 11.1. The Morgan fingerprint density at radius 2 is 2.10 bits per heavy atom. The van der Waals surface area contributed by atoms with E-state index in [-0.39, 0.29) is 11.9 Å². The van der Waals surface area contributed by atoms with Crippen molar-refractivity contribution in [3.63, 3.8) is 0 Å². The van der Waals surface area contributed by atoms with Gasteiger partial charge in [0.25, 0.3) is 0 Å². The Balaban J connectivity index is 2.05. The van der Waals surface area contributed by atoms with E-state index >= 15 is 0 Å². The predicted molar refractivity (Wildman–Crippen MR) is 80.7 cm³/mol. The first-order valence-corrected chi connectivity index (χ1v) is 7.36. The number of nitrogens with one attached hydrogen (secondary N) is 1. The van der Waals surface area contributed by atoms with Crippen LogP contribution in [-0.4, -0.2) is 34.8 Å². The van der Waals surface area contributed by atoms with E-state index in [1.54, 1.807) is 6.92 Å². The van der Waals surface area contributed by atoms with Crippen LogP contribution in [0, 0.1) is 0 Å². The molecule has 6 heteroatoms. The summed E-state index contributed by atoms with van der Waals surface area (Å²) in [5.41, 5.74) is 8.05. The van der Waals surface area contributed by atoms with Crippen molar-refractivity contribution in [2.45, 2.75) is 45.6 Å². The lowest BCUT2D eigenvalue weighted by molar-refractivity contribution is -0.119. The lowest BCUT2D eigenvalue weighted by atomic mass is 10.0. The molecule has 0 aliphatic carbocycles. The number of amides is 1. The molecule has 0 unspecified atom stereocenters. The van der Waals surface area contributed by atoms with Crippen LogP contribution in [0.2, 0.25) is 0 Å². The van der Waals surface area contributed by atoms with Crippen LogP contribution in [0.4, 0.5) is 11.5 Å². The number of hydrogen-bond donors (Lipinski definition) is 2. The van der Waals surface area contributed by atoms with Crippen molar-refractivity contribution in [3.8, 4) is 0 Å². The topological polar surface area (TPSA) is 76.2 Å². The molecule has 1 aliphatic heterocycles. The number of carbonyl (C=O) groups is 1. The zero-order chi connectivity index (χ0) is 14.7. The van der Waals surface area contributed by atoms with Gasteiger partial charge in [0.05, 0.1) is 11.4 Å². The van der Waals surface area contributed by atoms with Crippen LogP contribution in [0.1, 0.15) is 38.8 Å². The zero-order valence-electron chi connectivity index (χ0n) is 12.6. The van der Waals surface area contributed by atoms with Gasteiger partial charge < -0.3 is 16.0 Å². The fraction of sp³-hybridized carbons (Fsp3) is 0.714. The second-order valence-corrected chi connectivity index (χ2v) is 5.52. The Bertz CT molecular complexity index is 474. The number of nitrogens with zero attached hydrogens (tertiary/aromatic N) is 3. The van der Waals surface area contributed by atoms with E-state index in [2.05, 4.69) is 22.2 Å². The molecule has 2 heterocycles. The van der Waals surface area contributed by atoms with Gasteiger partial charge in [-0.2, -0.15) is 5.10 Å². The highest BCUT2D eigenvalue weighted by molar-refractivity contribution is 5.73. The molecule has 1 aromatic heterocycles. The fourth-order valence-corrected chi connectivity index (χ4v) is 2.91. The summed E-state index contributed by atoms with van der Waals surface area (Å²) in [5, 5.41) is 7.51. The molecule has 2 rings (SSSR count). The number of nitrogens with two attached hydrogens (primary N) is 1. The van der Waals surface area contributed by atoms with Gasteiger partial charge in [0.2, 0.25) is 5.91 Å². The maximum Gasteiger partial charge on any atom is 0.217 e. The predicted octanol–water partition coefficient (Wildman–Crippen LogP) is 1.06. The van der Waals surface area contributed by atoms with Crippen molar-refractivity contribution in [2.75, 3.05) is 23.7 Å². The van der Waals surface area contributed by atoms with Crippen LogP contribution in [0.15, 0.2) is 0 Å². The van der Waals surface area contributed by atoms with Crippen molar-refractivity contribution < 1.29 is 4.79 Å². The molecule has 6 nitrogen and oxygen atoms in total. The van der Waals surface area contributed by atoms with Crippen molar-refractivity contribution in [1.29, 1.82) is 0 Å². The summed E-state index contributed by atoms with van der Waals surface area (Å²) in [6.07, 6.45) is 3.87. The summed E-state index contributed by atoms with van der Waals surface area (Å²) in [7, 11) is 1.95. The van der Waals surface area contributed by atoms with Gasteiger partial charge in [0, 0.05) is 33.1 Å². The highest BCUT2D eigenvalue weighted by Gasteiger charge is 2.24. The summed E-state index contributed by atoms with van der Waals surface area (Å²) in [4.78, 5) is 13.4. The molecule has 1 aromatic rings. The van der Waals surface area contributed by atoms with Crippen molar-refractivity contribution in [2.24, 2.45) is 7.05 Å². The largest absolute Gasteiger partial charge is 0.394 e. The molecule has 1 amide bonds. The number of carbonyl (C=O) groups excluding carboxylic acids is 1.